The number of non-ortho nitro benzene ring substituents is 1. The predicted molar refractivity (Wildman–Crippen MR) is 55.5 cm³/mol. The monoisotopic (exact) mass is 214 g/mol. The minimum atomic E-state index is -0.481. The summed E-state index contributed by atoms with van der Waals surface area (Å²) in [5.41, 5.74) is 0.754. The number of benzene rings is 1. The van der Waals surface area contributed by atoms with Crippen molar-refractivity contribution in [2.24, 2.45) is 0 Å². The molecule has 0 bridgehead atoms. The normalized spacial score (nSPS) is 9.20. The number of hydrogen-bond donors (Lipinski definition) is 2. The second-order valence-corrected chi connectivity index (χ2v) is 2.73. The summed E-state index contributed by atoms with van der Waals surface area (Å²) in [5, 5.41) is 19.2. The largest absolute Gasteiger partial charge is 0.496 e. The molecule has 0 atom stereocenters. The van der Waals surface area contributed by atoms with Gasteiger partial charge >= 0.3 is 0 Å². The highest BCUT2D eigenvalue weighted by atomic mass is 16.6. The first kappa shape index (κ1) is 13.3. The van der Waals surface area contributed by atoms with Gasteiger partial charge in [0.05, 0.1) is 18.1 Å². The summed E-state index contributed by atoms with van der Waals surface area (Å²) in [5.74, 6) is 0.438. The smallest absolute Gasteiger partial charge is 0.273 e. The number of nitro groups is 1. The molecule has 0 saturated carbocycles. The Morgan fingerprint density at radius 2 is 2.20 bits per heavy atom. The van der Waals surface area contributed by atoms with E-state index in [-0.39, 0.29) is 18.4 Å². The number of hydrogen-bond acceptors (Lipinski definition) is 5. The number of aliphatic hydroxyl groups is 1. The van der Waals surface area contributed by atoms with Crippen LogP contribution in [-0.2, 0) is 6.42 Å². The van der Waals surface area contributed by atoms with Gasteiger partial charge in [0.15, 0.2) is 0 Å². The Balaban J connectivity index is 0.00000196. The molecular weight excluding hydrogens is 200 g/mol. The van der Waals surface area contributed by atoms with Crippen molar-refractivity contribution in [3.8, 4) is 5.75 Å². The predicted octanol–water partition coefficient (Wildman–Crippen LogP) is 1.30. The van der Waals surface area contributed by atoms with Crippen molar-refractivity contribution in [1.29, 1.82) is 0 Å². The molecule has 1 rings (SSSR count). The van der Waals surface area contributed by atoms with Gasteiger partial charge in [-0.25, -0.2) is 0 Å². The molecule has 0 fully saturated rings. The lowest BCUT2D eigenvalue weighted by Crippen LogP contribution is -1.97. The Morgan fingerprint density at radius 1 is 1.53 bits per heavy atom. The van der Waals surface area contributed by atoms with Gasteiger partial charge < -0.3 is 16.0 Å². The lowest BCUT2D eigenvalue weighted by Gasteiger charge is -2.06. The van der Waals surface area contributed by atoms with Crippen LogP contribution in [0, 0.1) is 10.1 Å². The van der Waals surface area contributed by atoms with Gasteiger partial charge in [-0.3, -0.25) is 10.1 Å². The van der Waals surface area contributed by atoms with Crippen molar-refractivity contribution in [1.82, 2.24) is 6.15 Å². The summed E-state index contributed by atoms with van der Waals surface area (Å²) in [7, 11) is 1.44. The molecule has 0 heterocycles. The van der Waals surface area contributed by atoms with Gasteiger partial charge in [0.1, 0.15) is 5.75 Å². The van der Waals surface area contributed by atoms with Crippen molar-refractivity contribution < 1.29 is 14.8 Å². The number of nitro benzene ring substituents is 1. The van der Waals surface area contributed by atoms with E-state index in [2.05, 4.69) is 0 Å². The van der Waals surface area contributed by atoms with Crippen LogP contribution >= 0.6 is 0 Å². The van der Waals surface area contributed by atoms with Crippen LogP contribution in [0.5, 0.6) is 5.75 Å². The van der Waals surface area contributed by atoms with E-state index in [0.29, 0.717) is 12.2 Å². The highest BCUT2D eigenvalue weighted by molar-refractivity contribution is 5.44. The fourth-order valence-corrected chi connectivity index (χ4v) is 1.17. The van der Waals surface area contributed by atoms with Crippen molar-refractivity contribution in [3.05, 3.63) is 33.9 Å². The fraction of sp³-hybridized carbons (Fsp3) is 0.333. The van der Waals surface area contributed by atoms with E-state index in [1.54, 1.807) is 6.07 Å². The Bertz CT molecular complexity index is 341. The van der Waals surface area contributed by atoms with Crippen LogP contribution in [-0.4, -0.2) is 23.7 Å². The number of nitrogens with zero attached hydrogens (tertiary/aromatic N) is 1. The molecule has 0 aliphatic heterocycles. The number of rotatable bonds is 4. The van der Waals surface area contributed by atoms with Crippen molar-refractivity contribution in [2.75, 3.05) is 13.7 Å². The summed E-state index contributed by atoms with van der Waals surface area (Å²) >= 11 is 0. The van der Waals surface area contributed by atoms with E-state index in [1.165, 1.54) is 19.2 Å². The summed E-state index contributed by atoms with van der Waals surface area (Å²) < 4.78 is 4.97. The minimum absolute atomic E-state index is 0. The lowest BCUT2D eigenvalue weighted by molar-refractivity contribution is -0.384. The molecular formula is C9H14N2O4. The van der Waals surface area contributed by atoms with Gasteiger partial charge in [-0.1, -0.05) is 0 Å². The van der Waals surface area contributed by atoms with Crippen LogP contribution in [0.1, 0.15) is 5.56 Å². The fourth-order valence-electron chi connectivity index (χ4n) is 1.17. The summed E-state index contributed by atoms with van der Waals surface area (Å²) in [4.78, 5) is 9.96. The molecule has 0 aliphatic rings. The van der Waals surface area contributed by atoms with Gasteiger partial charge in [-0.2, -0.15) is 0 Å². The van der Waals surface area contributed by atoms with E-state index >= 15 is 0 Å². The van der Waals surface area contributed by atoms with Crippen LogP contribution in [0.15, 0.2) is 18.2 Å². The van der Waals surface area contributed by atoms with Gasteiger partial charge in [0.2, 0.25) is 0 Å². The Hall–Kier alpha value is -1.66. The Morgan fingerprint density at radius 3 is 2.67 bits per heavy atom. The molecule has 1 aromatic carbocycles. The quantitative estimate of drug-likeness (QED) is 0.580. The number of ether oxygens (including phenoxy) is 1. The average molecular weight is 214 g/mol. The summed E-state index contributed by atoms with van der Waals surface area (Å²) in [6.45, 7) is -0.00578. The van der Waals surface area contributed by atoms with Gasteiger partial charge in [0, 0.05) is 12.7 Å². The Labute approximate surface area is 87.2 Å². The maximum atomic E-state index is 10.4. The van der Waals surface area contributed by atoms with Crippen LogP contribution in [0.2, 0.25) is 0 Å². The Kier molecular flexibility index (Phi) is 5.29. The zero-order chi connectivity index (χ0) is 10.6. The lowest BCUT2D eigenvalue weighted by atomic mass is 10.1. The third-order valence-corrected chi connectivity index (χ3v) is 1.86. The van der Waals surface area contributed by atoms with Crippen molar-refractivity contribution in [3.63, 3.8) is 0 Å². The molecule has 0 spiro atoms. The maximum absolute atomic E-state index is 10.4. The van der Waals surface area contributed by atoms with Gasteiger partial charge in [-0.05, 0) is 18.1 Å². The van der Waals surface area contributed by atoms with Crippen LogP contribution < -0.4 is 10.9 Å². The zero-order valence-electron chi connectivity index (χ0n) is 8.47. The highest BCUT2D eigenvalue weighted by Crippen LogP contribution is 2.24. The van der Waals surface area contributed by atoms with E-state index in [9.17, 15) is 10.1 Å². The topological polar surface area (TPSA) is 108 Å². The second-order valence-electron chi connectivity index (χ2n) is 2.73. The van der Waals surface area contributed by atoms with Crippen LogP contribution in [0.3, 0.4) is 0 Å². The first-order valence-corrected chi connectivity index (χ1v) is 4.11. The third kappa shape index (κ3) is 3.19. The zero-order valence-corrected chi connectivity index (χ0v) is 8.47. The SMILES string of the molecule is COc1cc([N+](=O)[O-])ccc1CCO.N. The number of methoxy groups -OCH3 is 1. The van der Waals surface area contributed by atoms with E-state index < -0.39 is 4.92 Å². The van der Waals surface area contributed by atoms with Crippen molar-refractivity contribution >= 4 is 5.69 Å². The van der Waals surface area contributed by atoms with Crippen molar-refractivity contribution in [2.45, 2.75) is 6.42 Å². The van der Waals surface area contributed by atoms with E-state index in [4.69, 9.17) is 9.84 Å². The maximum Gasteiger partial charge on any atom is 0.273 e. The van der Waals surface area contributed by atoms with Gasteiger partial charge in [-0.15, -0.1) is 0 Å². The molecule has 84 valence electrons. The molecule has 0 radical (unpaired) electrons. The van der Waals surface area contributed by atoms with Crippen LogP contribution in [0.25, 0.3) is 0 Å². The third-order valence-electron chi connectivity index (χ3n) is 1.86. The molecule has 0 unspecified atom stereocenters. The summed E-state index contributed by atoms with van der Waals surface area (Å²) in [6.07, 6.45) is 0.432. The first-order valence-electron chi connectivity index (χ1n) is 4.11. The first-order chi connectivity index (χ1) is 6.69. The molecule has 0 aliphatic carbocycles. The van der Waals surface area contributed by atoms with E-state index in [0.717, 1.165) is 5.56 Å². The minimum Gasteiger partial charge on any atom is -0.496 e. The second kappa shape index (κ2) is 5.94. The molecule has 0 saturated heterocycles. The average Bonchev–Trinajstić information content (AvgIpc) is 2.18. The molecule has 1 aromatic rings. The highest BCUT2D eigenvalue weighted by Gasteiger charge is 2.10. The van der Waals surface area contributed by atoms with E-state index in [1.807, 2.05) is 0 Å². The molecule has 4 N–H and O–H groups in total. The molecule has 6 heteroatoms. The molecule has 15 heavy (non-hydrogen) atoms. The molecule has 6 nitrogen and oxygen atoms in total. The summed E-state index contributed by atoms with van der Waals surface area (Å²) in [6, 6.07) is 4.34. The molecule has 0 amide bonds. The number of aliphatic hydroxyl groups excluding tert-OH is 1. The van der Waals surface area contributed by atoms with Crippen LogP contribution in [0.4, 0.5) is 5.69 Å². The standard InChI is InChI=1S/C9H11NO4.H3N/c1-14-9-6-8(10(12)13)3-2-7(9)4-5-11;/h2-3,6,11H,4-5H2,1H3;1H3. The molecule has 0 aromatic heterocycles. The van der Waals surface area contributed by atoms with Gasteiger partial charge in [0.25, 0.3) is 5.69 Å².